The van der Waals surface area contributed by atoms with Gasteiger partial charge >= 0.3 is 0 Å². The monoisotopic (exact) mass is 323 g/mol. The van der Waals surface area contributed by atoms with Crippen LogP contribution in [0.2, 0.25) is 5.02 Å². The lowest BCUT2D eigenvalue weighted by Gasteiger charge is -2.20. The fraction of sp³-hybridized carbons (Fsp3) is 0.562. The van der Waals surface area contributed by atoms with E-state index in [2.05, 4.69) is 10.3 Å². The van der Waals surface area contributed by atoms with Crippen molar-refractivity contribution in [3.8, 4) is 11.5 Å². The number of nitrogens with two attached hydrogens (primary N) is 1. The van der Waals surface area contributed by atoms with E-state index in [0.717, 1.165) is 17.7 Å². The lowest BCUT2D eigenvalue weighted by molar-refractivity contribution is 0.171. The molecule has 0 spiro atoms. The Hall–Kier alpha value is -1.62. The fourth-order valence-electron chi connectivity index (χ4n) is 2.94. The highest BCUT2D eigenvalue weighted by Crippen LogP contribution is 2.38. The van der Waals surface area contributed by atoms with Crippen LogP contribution in [0.4, 0.5) is 0 Å². The molecule has 0 unspecified atom stereocenters. The van der Waals surface area contributed by atoms with Crippen molar-refractivity contribution >= 4 is 17.6 Å². The van der Waals surface area contributed by atoms with Crippen LogP contribution < -0.4 is 20.5 Å². The molecule has 1 aliphatic carbocycles. The predicted molar refractivity (Wildman–Crippen MR) is 88.0 cm³/mol. The van der Waals surface area contributed by atoms with E-state index in [1.54, 1.807) is 0 Å². The molecule has 1 fully saturated rings. The molecule has 0 radical (unpaired) electrons. The smallest absolute Gasteiger partial charge is 0.188 e. The topological polar surface area (TPSA) is 68.9 Å². The van der Waals surface area contributed by atoms with Crippen molar-refractivity contribution in [3.05, 3.63) is 22.7 Å². The van der Waals surface area contributed by atoms with E-state index < -0.39 is 0 Å². The summed E-state index contributed by atoms with van der Waals surface area (Å²) < 4.78 is 11.1. The van der Waals surface area contributed by atoms with Gasteiger partial charge in [-0.25, -0.2) is 0 Å². The zero-order valence-corrected chi connectivity index (χ0v) is 13.4. The van der Waals surface area contributed by atoms with Gasteiger partial charge in [-0.05, 0) is 37.0 Å². The molecule has 0 bridgehead atoms. The summed E-state index contributed by atoms with van der Waals surface area (Å²) in [5.41, 5.74) is 7.00. The van der Waals surface area contributed by atoms with Gasteiger partial charge in [0.25, 0.3) is 0 Å². The number of hydrogen-bond acceptors (Lipinski definition) is 3. The number of halogens is 1. The third-order valence-electron chi connectivity index (χ3n) is 4.05. The Morgan fingerprint density at radius 1 is 1.27 bits per heavy atom. The maximum Gasteiger partial charge on any atom is 0.188 e. The summed E-state index contributed by atoms with van der Waals surface area (Å²) in [6, 6.07) is 4.37. The van der Waals surface area contributed by atoms with Gasteiger partial charge < -0.3 is 20.5 Å². The largest absolute Gasteiger partial charge is 0.486 e. The lowest BCUT2D eigenvalue weighted by atomic mass is 10.1. The number of aliphatic imine (C=N–C) groups is 1. The summed E-state index contributed by atoms with van der Waals surface area (Å²) in [7, 11) is 0. The first-order valence-corrected chi connectivity index (χ1v) is 8.24. The molecular weight excluding hydrogens is 302 g/mol. The summed E-state index contributed by atoms with van der Waals surface area (Å²) in [5.74, 6) is 1.90. The van der Waals surface area contributed by atoms with Crippen LogP contribution in [0, 0.1) is 0 Å². The Balaban J connectivity index is 1.55. The second-order valence-corrected chi connectivity index (χ2v) is 6.15. The van der Waals surface area contributed by atoms with Crippen LogP contribution in [0.25, 0.3) is 0 Å². The second kappa shape index (κ2) is 7.09. The molecule has 0 amide bonds. The number of ether oxygens (including phenoxy) is 2. The Morgan fingerprint density at radius 2 is 2.05 bits per heavy atom. The van der Waals surface area contributed by atoms with Crippen LogP contribution in [0.5, 0.6) is 11.5 Å². The highest BCUT2D eigenvalue weighted by atomic mass is 35.5. The molecule has 1 heterocycles. The molecule has 5 nitrogen and oxygen atoms in total. The number of fused-ring (bicyclic) bond motifs is 1. The first kappa shape index (κ1) is 15.3. The van der Waals surface area contributed by atoms with Gasteiger partial charge in [-0.2, -0.15) is 0 Å². The van der Waals surface area contributed by atoms with Crippen molar-refractivity contribution in [1.29, 1.82) is 0 Å². The van der Waals surface area contributed by atoms with Gasteiger partial charge in [0.2, 0.25) is 0 Å². The number of nitrogens with one attached hydrogen (secondary N) is 1. The van der Waals surface area contributed by atoms with E-state index in [4.69, 9.17) is 26.8 Å². The van der Waals surface area contributed by atoms with Crippen molar-refractivity contribution in [2.24, 2.45) is 10.7 Å². The molecule has 1 aliphatic heterocycles. The second-order valence-electron chi connectivity index (χ2n) is 5.74. The molecule has 1 aromatic rings. The average Bonchev–Trinajstić information content (AvgIpc) is 3.00. The van der Waals surface area contributed by atoms with E-state index in [-0.39, 0.29) is 0 Å². The molecule has 1 saturated carbocycles. The first-order valence-electron chi connectivity index (χ1n) is 7.87. The van der Waals surface area contributed by atoms with Crippen molar-refractivity contribution in [1.82, 2.24) is 5.32 Å². The maximum absolute atomic E-state index is 6.22. The molecule has 3 rings (SSSR count). The Labute approximate surface area is 135 Å². The van der Waals surface area contributed by atoms with Gasteiger partial charge in [0.15, 0.2) is 17.5 Å². The zero-order chi connectivity index (χ0) is 15.4. The zero-order valence-electron chi connectivity index (χ0n) is 12.6. The van der Waals surface area contributed by atoms with Crippen LogP contribution in [-0.4, -0.2) is 31.8 Å². The molecule has 1 aromatic carbocycles. The quantitative estimate of drug-likeness (QED) is 0.660. The predicted octanol–water partition coefficient (Wildman–Crippen LogP) is 2.50. The van der Waals surface area contributed by atoms with E-state index in [9.17, 15) is 0 Å². The van der Waals surface area contributed by atoms with Crippen molar-refractivity contribution in [2.45, 2.75) is 38.1 Å². The molecule has 6 heteroatoms. The summed E-state index contributed by atoms with van der Waals surface area (Å²) in [6.45, 7) is 1.73. The van der Waals surface area contributed by atoms with Crippen LogP contribution >= 0.6 is 11.6 Å². The van der Waals surface area contributed by atoms with Gasteiger partial charge in [0.1, 0.15) is 13.2 Å². The molecule has 120 valence electrons. The normalized spacial score (nSPS) is 18.5. The number of benzene rings is 1. The molecule has 3 N–H and O–H groups in total. The van der Waals surface area contributed by atoms with Crippen LogP contribution in [0.15, 0.2) is 17.1 Å². The molecule has 22 heavy (non-hydrogen) atoms. The van der Waals surface area contributed by atoms with Crippen molar-refractivity contribution in [3.63, 3.8) is 0 Å². The summed E-state index contributed by atoms with van der Waals surface area (Å²) >= 11 is 6.22. The third-order valence-corrected chi connectivity index (χ3v) is 4.33. The Morgan fingerprint density at radius 3 is 2.86 bits per heavy atom. The van der Waals surface area contributed by atoms with Crippen molar-refractivity contribution < 1.29 is 9.47 Å². The van der Waals surface area contributed by atoms with Gasteiger partial charge in [-0.1, -0.05) is 24.4 Å². The summed E-state index contributed by atoms with van der Waals surface area (Å²) in [6.07, 6.45) is 5.70. The number of nitrogens with zero attached hydrogens (tertiary/aromatic N) is 1. The minimum absolute atomic E-state index is 0.493. The van der Waals surface area contributed by atoms with E-state index >= 15 is 0 Å². The summed E-state index contributed by atoms with van der Waals surface area (Å²) in [4.78, 5) is 4.39. The minimum Gasteiger partial charge on any atom is -0.486 e. The fourth-order valence-corrected chi connectivity index (χ4v) is 3.23. The van der Waals surface area contributed by atoms with Crippen LogP contribution in [-0.2, 0) is 6.42 Å². The molecule has 0 saturated heterocycles. The van der Waals surface area contributed by atoms with Gasteiger partial charge in [0.05, 0.1) is 5.02 Å². The Kier molecular flexibility index (Phi) is 4.93. The molecule has 0 aromatic heterocycles. The van der Waals surface area contributed by atoms with Crippen LogP contribution in [0.3, 0.4) is 0 Å². The minimum atomic E-state index is 0.493. The molecular formula is C16H22ClN3O2. The van der Waals surface area contributed by atoms with E-state index in [1.807, 2.05) is 12.1 Å². The molecule has 0 atom stereocenters. The standard InChI is InChI=1S/C16H22ClN3O2/c17-13-9-11(10-14-15(13)22-8-7-21-14)5-6-19-16(18)20-12-3-1-2-4-12/h9-10,12H,1-8H2,(H3,18,19,20). The van der Waals surface area contributed by atoms with Crippen molar-refractivity contribution in [2.75, 3.05) is 19.8 Å². The van der Waals surface area contributed by atoms with E-state index in [0.29, 0.717) is 42.5 Å². The van der Waals surface area contributed by atoms with Gasteiger partial charge in [0, 0.05) is 12.6 Å². The number of rotatable bonds is 4. The van der Waals surface area contributed by atoms with Gasteiger partial charge in [-0.3, -0.25) is 4.99 Å². The number of guanidine groups is 1. The highest BCUT2D eigenvalue weighted by molar-refractivity contribution is 6.32. The number of hydrogen-bond donors (Lipinski definition) is 2. The lowest BCUT2D eigenvalue weighted by Crippen LogP contribution is -2.38. The Bertz CT molecular complexity index is 557. The molecule has 2 aliphatic rings. The van der Waals surface area contributed by atoms with Crippen LogP contribution in [0.1, 0.15) is 31.2 Å². The van der Waals surface area contributed by atoms with E-state index in [1.165, 1.54) is 25.7 Å². The maximum atomic E-state index is 6.22. The third kappa shape index (κ3) is 3.77. The SMILES string of the molecule is NC(=NCCc1cc(Cl)c2c(c1)OCCO2)NC1CCCC1. The average molecular weight is 324 g/mol. The van der Waals surface area contributed by atoms with Gasteiger partial charge in [-0.15, -0.1) is 0 Å². The highest BCUT2D eigenvalue weighted by Gasteiger charge is 2.17. The first-order chi connectivity index (χ1) is 10.7. The summed E-state index contributed by atoms with van der Waals surface area (Å²) in [5, 5.41) is 3.87.